The van der Waals surface area contributed by atoms with Crippen molar-refractivity contribution in [1.29, 1.82) is 0 Å². The molecule has 0 aromatic rings. The van der Waals surface area contributed by atoms with Crippen LogP contribution in [0.1, 0.15) is 0 Å². The second-order valence-corrected chi connectivity index (χ2v) is 4.57. The fraction of sp³-hybridized carbons (Fsp3) is 0.667. The van der Waals surface area contributed by atoms with Crippen molar-refractivity contribution in [3.63, 3.8) is 0 Å². The minimum Gasteiger partial charge on any atom is -0.391 e. The van der Waals surface area contributed by atoms with E-state index >= 15 is 0 Å². The second-order valence-electron chi connectivity index (χ2n) is 1.74. The maximum Gasteiger partial charge on any atom is 0.131 e. The lowest BCUT2D eigenvalue weighted by molar-refractivity contribution is 0.322. The second kappa shape index (κ2) is 6.65. The zero-order chi connectivity index (χ0) is 7.11. The van der Waals surface area contributed by atoms with E-state index in [0.717, 1.165) is 11.5 Å². The molecule has 1 nitrogen and oxygen atoms in total. The minimum atomic E-state index is 0.315. The molecule has 0 aliphatic carbocycles. The van der Waals surface area contributed by atoms with Crippen molar-refractivity contribution in [2.24, 2.45) is 0 Å². The van der Waals surface area contributed by atoms with Crippen molar-refractivity contribution < 1.29 is 5.11 Å². The van der Waals surface area contributed by atoms with Crippen LogP contribution in [0.2, 0.25) is 0 Å². The summed E-state index contributed by atoms with van der Waals surface area (Å²) >= 11 is 3.19. The fourth-order valence-electron chi connectivity index (χ4n) is 0.440. The van der Waals surface area contributed by atoms with E-state index in [1.165, 1.54) is 0 Å². The molecule has 0 bridgehead atoms. The molecule has 0 aromatic carbocycles. The summed E-state index contributed by atoms with van der Waals surface area (Å²) in [5.41, 5.74) is 0. The highest BCUT2D eigenvalue weighted by molar-refractivity contribution is 9.11. The number of hydrogen-bond acceptors (Lipinski definition) is 1. The largest absolute Gasteiger partial charge is 0.391 e. The molecule has 54 valence electrons. The predicted octanol–water partition coefficient (Wildman–Crippen LogP) is 1.14. The molecule has 1 N–H and O–H groups in total. The molecule has 0 saturated carbocycles. The molecule has 3 heteroatoms. The summed E-state index contributed by atoms with van der Waals surface area (Å²) < 4.78 is 0. The third kappa shape index (κ3) is 6.41. The van der Waals surface area contributed by atoms with E-state index in [1.807, 2.05) is 4.99 Å². The van der Waals surface area contributed by atoms with Gasteiger partial charge < -0.3 is 5.11 Å². The van der Waals surface area contributed by atoms with Crippen molar-refractivity contribution in [2.45, 2.75) is 0 Å². The molecule has 0 heterocycles. The van der Waals surface area contributed by atoms with Gasteiger partial charge in [0.2, 0.25) is 0 Å². The lowest BCUT2D eigenvalue weighted by atomic mass is 10.8. The SMILES string of the molecule is C[S+](C/C=C/Br)CCO. The molecule has 0 aliphatic heterocycles. The first-order chi connectivity index (χ1) is 4.31. The average molecular weight is 212 g/mol. The van der Waals surface area contributed by atoms with Crippen LogP contribution >= 0.6 is 15.9 Å². The van der Waals surface area contributed by atoms with Gasteiger partial charge in [-0.25, -0.2) is 0 Å². The Labute approximate surface area is 67.6 Å². The first-order valence-corrected chi connectivity index (χ1v) is 5.65. The van der Waals surface area contributed by atoms with Gasteiger partial charge in [-0.2, -0.15) is 0 Å². The first-order valence-electron chi connectivity index (χ1n) is 2.76. The van der Waals surface area contributed by atoms with E-state index in [0.29, 0.717) is 17.5 Å². The highest BCUT2D eigenvalue weighted by atomic mass is 79.9. The Hall–Kier alpha value is 0.530. The maximum absolute atomic E-state index is 8.51. The molecular weight excluding hydrogens is 200 g/mol. The Morgan fingerprint density at radius 2 is 2.33 bits per heavy atom. The van der Waals surface area contributed by atoms with Gasteiger partial charge in [-0.1, -0.05) is 15.9 Å². The lowest BCUT2D eigenvalue weighted by Gasteiger charge is -1.94. The molecule has 0 rings (SSSR count). The van der Waals surface area contributed by atoms with Gasteiger partial charge >= 0.3 is 0 Å². The number of hydrogen-bond donors (Lipinski definition) is 1. The Bertz CT molecular complexity index is 85.1. The van der Waals surface area contributed by atoms with Crippen molar-refractivity contribution >= 4 is 26.8 Å². The molecule has 0 fully saturated rings. The molecule has 1 unspecified atom stereocenters. The summed E-state index contributed by atoms with van der Waals surface area (Å²) in [6.45, 7) is 0.315. The van der Waals surface area contributed by atoms with Crippen LogP contribution < -0.4 is 0 Å². The van der Waals surface area contributed by atoms with Crippen LogP contribution in [0.5, 0.6) is 0 Å². The number of rotatable bonds is 4. The van der Waals surface area contributed by atoms with Gasteiger partial charge in [0.05, 0.1) is 12.9 Å². The Kier molecular flexibility index (Phi) is 7.04. The molecule has 0 aromatic heterocycles. The summed E-state index contributed by atoms with van der Waals surface area (Å²) in [6.07, 6.45) is 4.22. The first kappa shape index (κ1) is 9.53. The van der Waals surface area contributed by atoms with E-state index in [4.69, 9.17) is 5.11 Å². The highest BCUT2D eigenvalue weighted by Crippen LogP contribution is 1.92. The van der Waals surface area contributed by atoms with Gasteiger partial charge in [0.25, 0.3) is 0 Å². The van der Waals surface area contributed by atoms with E-state index in [2.05, 4.69) is 28.3 Å². The van der Waals surface area contributed by atoms with E-state index < -0.39 is 0 Å². The van der Waals surface area contributed by atoms with Gasteiger partial charge in [-0.05, 0) is 22.0 Å². The molecule has 0 spiro atoms. The summed E-state index contributed by atoms with van der Waals surface area (Å²) in [7, 11) is 0.363. The summed E-state index contributed by atoms with van der Waals surface area (Å²) in [4.78, 5) is 1.87. The monoisotopic (exact) mass is 211 g/mol. The van der Waals surface area contributed by atoms with Gasteiger partial charge in [0.15, 0.2) is 0 Å². The molecule has 1 atom stereocenters. The smallest absolute Gasteiger partial charge is 0.131 e. The minimum absolute atomic E-state index is 0.315. The number of aliphatic hydroxyl groups is 1. The number of aliphatic hydroxyl groups excluding tert-OH is 1. The van der Waals surface area contributed by atoms with Crippen molar-refractivity contribution in [3.05, 3.63) is 11.1 Å². The third-order valence-corrected chi connectivity index (χ3v) is 2.92. The summed E-state index contributed by atoms with van der Waals surface area (Å²) in [5, 5.41) is 8.51. The van der Waals surface area contributed by atoms with Crippen LogP contribution in [0.3, 0.4) is 0 Å². The maximum atomic E-state index is 8.51. The van der Waals surface area contributed by atoms with Gasteiger partial charge in [-0.15, -0.1) is 0 Å². The zero-order valence-electron chi connectivity index (χ0n) is 5.51. The Morgan fingerprint density at radius 1 is 1.67 bits per heavy atom. The van der Waals surface area contributed by atoms with E-state index in [1.54, 1.807) is 0 Å². The molecule has 9 heavy (non-hydrogen) atoms. The van der Waals surface area contributed by atoms with Gasteiger partial charge in [0.1, 0.15) is 11.5 Å². The van der Waals surface area contributed by atoms with Crippen LogP contribution in [0.4, 0.5) is 0 Å². The average Bonchev–Trinajstić information content (AvgIpc) is 1.85. The predicted molar refractivity (Wildman–Crippen MR) is 48.2 cm³/mol. The Morgan fingerprint density at radius 3 is 2.78 bits per heavy atom. The molecule has 0 radical (unpaired) electrons. The summed E-state index contributed by atoms with van der Waals surface area (Å²) in [5.74, 6) is 2.00. The summed E-state index contributed by atoms with van der Waals surface area (Å²) in [6, 6.07) is 0. The molecular formula is C6H12BrOS+. The molecule has 0 saturated heterocycles. The van der Waals surface area contributed by atoms with Crippen LogP contribution in [-0.4, -0.2) is 29.5 Å². The highest BCUT2D eigenvalue weighted by Gasteiger charge is 2.04. The zero-order valence-corrected chi connectivity index (χ0v) is 7.91. The van der Waals surface area contributed by atoms with Crippen molar-refractivity contribution in [1.82, 2.24) is 0 Å². The van der Waals surface area contributed by atoms with Crippen LogP contribution in [0.15, 0.2) is 11.1 Å². The molecule has 0 aliphatic rings. The third-order valence-electron chi connectivity index (χ3n) is 0.910. The molecule has 0 amide bonds. The Balaban J connectivity index is 3.15. The van der Waals surface area contributed by atoms with Gasteiger partial charge in [-0.3, -0.25) is 0 Å². The topological polar surface area (TPSA) is 20.2 Å². The quantitative estimate of drug-likeness (QED) is 0.693. The number of halogens is 1. The lowest BCUT2D eigenvalue weighted by Crippen LogP contribution is -2.10. The van der Waals surface area contributed by atoms with Crippen LogP contribution in [0, 0.1) is 0 Å². The van der Waals surface area contributed by atoms with E-state index in [9.17, 15) is 0 Å². The van der Waals surface area contributed by atoms with E-state index in [-0.39, 0.29) is 0 Å². The normalized spacial score (nSPS) is 14.6. The van der Waals surface area contributed by atoms with Crippen LogP contribution in [0.25, 0.3) is 0 Å². The van der Waals surface area contributed by atoms with Crippen LogP contribution in [-0.2, 0) is 10.9 Å². The van der Waals surface area contributed by atoms with Crippen molar-refractivity contribution in [2.75, 3.05) is 24.4 Å². The fourth-order valence-corrected chi connectivity index (χ4v) is 1.78. The van der Waals surface area contributed by atoms with Crippen molar-refractivity contribution in [3.8, 4) is 0 Å². The van der Waals surface area contributed by atoms with Gasteiger partial charge in [0, 0.05) is 0 Å². The standard InChI is InChI=1S/C6H12BrOS/c1-9(6-4-8)5-2-3-7/h2-3,8H,4-6H2,1H3/q+1/b3-2+.